The van der Waals surface area contributed by atoms with Crippen LogP contribution in [0.1, 0.15) is 5.01 Å². The molecule has 0 bridgehead atoms. The van der Waals surface area contributed by atoms with Crippen molar-refractivity contribution in [2.75, 3.05) is 5.88 Å². The van der Waals surface area contributed by atoms with Gasteiger partial charge in [0.25, 0.3) is 0 Å². The molecule has 0 saturated carbocycles. The van der Waals surface area contributed by atoms with Crippen molar-refractivity contribution in [3.63, 3.8) is 0 Å². The molecule has 2 rings (SSSR count). The highest BCUT2D eigenvalue weighted by Gasteiger charge is 2.09. The van der Waals surface area contributed by atoms with Gasteiger partial charge in [-0.05, 0) is 12.1 Å². The van der Waals surface area contributed by atoms with Gasteiger partial charge >= 0.3 is 0 Å². The molecule has 1 nitrogen and oxygen atoms in total. The molecule has 0 radical (unpaired) electrons. The van der Waals surface area contributed by atoms with E-state index in [1.807, 2.05) is 0 Å². The second-order valence-corrected chi connectivity index (χ2v) is 4.51. The minimum absolute atomic E-state index is 0.318. The zero-order valence-corrected chi connectivity index (χ0v) is 9.79. The van der Waals surface area contributed by atoms with Gasteiger partial charge < -0.3 is 0 Å². The Morgan fingerprint density at radius 3 is 2.81 bits per heavy atom. The SMILES string of the molecule is Fc1ccc(-c2csc(CCCl)n2)c(F)c1. The first-order chi connectivity index (χ1) is 7.70. The van der Waals surface area contributed by atoms with Gasteiger partial charge in [-0.25, -0.2) is 13.8 Å². The third-order valence-corrected chi connectivity index (χ3v) is 3.16. The van der Waals surface area contributed by atoms with E-state index in [4.69, 9.17) is 11.6 Å². The molecule has 5 heteroatoms. The molecule has 0 spiro atoms. The zero-order valence-electron chi connectivity index (χ0n) is 8.21. The summed E-state index contributed by atoms with van der Waals surface area (Å²) in [5, 5.41) is 2.60. The summed E-state index contributed by atoms with van der Waals surface area (Å²) in [7, 11) is 0. The Balaban J connectivity index is 2.35. The van der Waals surface area contributed by atoms with Crippen LogP contribution >= 0.6 is 22.9 Å². The number of hydrogen-bond donors (Lipinski definition) is 0. The van der Waals surface area contributed by atoms with Crippen LogP contribution < -0.4 is 0 Å². The predicted molar refractivity (Wildman–Crippen MR) is 61.9 cm³/mol. The molecule has 16 heavy (non-hydrogen) atoms. The second-order valence-electron chi connectivity index (χ2n) is 3.19. The highest BCUT2D eigenvalue weighted by molar-refractivity contribution is 7.10. The molecule has 0 atom stereocenters. The van der Waals surface area contributed by atoms with E-state index in [9.17, 15) is 8.78 Å². The molecule has 0 aliphatic heterocycles. The summed E-state index contributed by atoms with van der Waals surface area (Å²) >= 11 is 7.01. The number of thiazole rings is 1. The molecule has 0 N–H and O–H groups in total. The van der Waals surface area contributed by atoms with Crippen molar-refractivity contribution in [2.24, 2.45) is 0 Å². The lowest BCUT2D eigenvalue weighted by molar-refractivity contribution is 0.585. The average molecular weight is 260 g/mol. The smallest absolute Gasteiger partial charge is 0.135 e. The molecule has 84 valence electrons. The molecule has 1 aromatic heterocycles. The Hall–Kier alpha value is -1.00. The van der Waals surface area contributed by atoms with Crippen LogP contribution in [0, 0.1) is 11.6 Å². The van der Waals surface area contributed by atoms with E-state index in [-0.39, 0.29) is 0 Å². The lowest BCUT2D eigenvalue weighted by Crippen LogP contribution is -1.88. The zero-order chi connectivity index (χ0) is 11.5. The minimum atomic E-state index is -0.595. The van der Waals surface area contributed by atoms with E-state index in [0.717, 1.165) is 11.1 Å². The molecular weight excluding hydrogens is 252 g/mol. The maximum atomic E-state index is 13.4. The highest BCUT2D eigenvalue weighted by atomic mass is 35.5. The standard InChI is InChI=1S/C11H8ClF2NS/c12-4-3-11-15-10(6-16-11)8-2-1-7(13)5-9(8)14/h1-2,5-6H,3-4H2. The molecule has 1 aromatic carbocycles. The predicted octanol–water partition coefficient (Wildman–Crippen LogP) is 3.87. The van der Waals surface area contributed by atoms with E-state index in [0.29, 0.717) is 23.6 Å². The first-order valence-corrected chi connectivity index (χ1v) is 6.08. The van der Waals surface area contributed by atoms with E-state index < -0.39 is 11.6 Å². The summed E-state index contributed by atoms with van der Waals surface area (Å²) in [4.78, 5) is 4.23. The fraction of sp³-hybridized carbons (Fsp3) is 0.182. The summed E-state index contributed by atoms with van der Waals surface area (Å²) in [5.41, 5.74) is 0.848. The Bertz CT molecular complexity index is 498. The van der Waals surface area contributed by atoms with Crippen molar-refractivity contribution >= 4 is 22.9 Å². The van der Waals surface area contributed by atoms with E-state index in [1.54, 1.807) is 5.38 Å². The van der Waals surface area contributed by atoms with Gasteiger partial charge in [-0.1, -0.05) is 0 Å². The van der Waals surface area contributed by atoms with E-state index in [1.165, 1.54) is 23.5 Å². The maximum Gasteiger partial charge on any atom is 0.135 e. The molecule has 0 aliphatic carbocycles. The third kappa shape index (κ3) is 2.39. The first kappa shape index (κ1) is 11.5. The number of rotatable bonds is 3. The number of aromatic nitrogens is 1. The molecule has 0 aliphatic rings. The summed E-state index contributed by atoms with van der Waals surface area (Å²) < 4.78 is 26.1. The summed E-state index contributed by atoms with van der Waals surface area (Å²) in [6.45, 7) is 0. The van der Waals surface area contributed by atoms with Crippen molar-refractivity contribution in [1.82, 2.24) is 4.98 Å². The largest absolute Gasteiger partial charge is 0.241 e. The van der Waals surface area contributed by atoms with Crippen molar-refractivity contribution in [1.29, 1.82) is 0 Å². The van der Waals surface area contributed by atoms with Crippen molar-refractivity contribution in [3.05, 3.63) is 40.2 Å². The van der Waals surface area contributed by atoms with Crippen LogP contribution in [0.25, 0.3) is 11.3 Å². The van der Waals surface area contributed by atoms with Crippen LogP contribution in [0.3, 0.4) is 0 Å². The topological polar surface area (TPSA) is 12.9 Å². The molecular formula is C11H8ClF2NS. The Morgan fingerprint density at radius 1 is 1.31 bits per heavy atom. The lowest BCUT2D eigenvalue weighted by atomic mass is 10.1. The molecule has 1 heterocycles. The highest BCUT2D eigenvalue weighted by Crippen LogP contribution is 2.25. The van der Waals surface area contributed by atoms with Crippen LogP contribution in [0.15, 0.2) is 23.6 Å². The van der Waals surface area contributed by atoms with Crippen LogP contribution in [-0.4, -0.2) is 10.9 Å². The average Bonchev–Trinajstić information content (AvgIpc) is 2.67. The molecule has 0 fully saturated rings. The molecule has 0 saturated heterocycles. The van der Waals surface area contributed by atoms with Gasteiger partial charge in [0, 0.05) is 29.3 Å². The van der Waals surface area contributed by atoms with Gasteiger partial charge in [0.05, 0.1) is 10.7 Å². The van der Waals surface area contributed by atoms with Gasteiger partial charge in [-0.2, -0.15) is 0 Å². The molecule has 0 amide bonds. The minimum Gasteiger partial charge on any atom is -0.241 e. The van der Waals surface area contributed by atoms with Gasteiger partial charge in [-0.3, -0.25) is 0 Å². The maximum absolute atomic E-state index is 13.4. The molecule has 0 unspecified atom stereocenters. The summed E-state index contributed by atoms with van der Waals surface area (Å²) in [5.74, 6) is -0.695. The normalized spacial score (nSPS) is 10.7. The monoisotopic (exact) mass is 259 g/mol. The lowest BCUT2D eigenvalue weighted by Gasteiger charge is -1.98. The number of hydrogen-bond acceptors (Lipinski definition) is 2. The summed E-state index contributed by atoms with van der Waals surface area (Å²) in [6.07, 6.45) is 0.662. The fourth-order valence-corrected chi connectivity index (χ4v) is 2.42. The third-order valence-electron chi connectivity index (χ3n) is 2.07. The van der Waals surface area contributed by atoms with Gasteiger partial charge in [0.1, 0.15) is 11.6 Å². The van der Waals surface area contributed by atoms with Crippen molar-refractivity contribution < 1.29 is 8.78 Å². The van der Waals surface area contributed by atoms with Crippen LogP contribution in [0.2, 0.25) is 0 Å². The van der Waals surface area contributed by atoms with Gasteiger partial charge in [-0.15, -0.1) is 22.9 Å². The number of aryl methyl sites for hydroxylation is 1. The number of alkyl halides is 1. The molecule has 2 aromatic rings. The van der Waals surface area contributed by atoms with E-state index >= 15 is 0 Å². The first-order valence-electron chi connectivity index (χ1n) is 4.66. The Kier molecular flexibility index (Phi) is 3.51. The number of halogens is 3. The van der Waals surface area contributed by atoms with Gasteiger partial charge in [0.2, 0.25) is 0 Å². The second kappa shape index (κ2) is 4.89. The number of benzene rings is 1. The van der Waals surface area contributed by atoms with Crippen LogP contribution in [0.5, 0.6) is 0 Å². The van der Waals surface area contributed by atoms with Crippen LogP contribution in [0.4, 0.5) is 8.78 Å². The van der Waals surface area contributed by atoms with E-state index in [2.05, 4.69) is 4.98 Å². The van der Waals surface area contributed by atoms with Crippen molar-refractivity contribution in [3.8, 4) is 11.3 Å². The quantitative estimate of drug-likeness (QED) is 0.763. The van der Waals surface area contributed by atoms with Crippen molar-refractivity contribution in [2.45, 2.75) is 6.42 Å². The Morgan fingerprint density at radius 2 is 2.12 bits per heavy atom. The van der Waals surface area contributed by atoms with Gasteiger partial charge in [0.15, 0.2) is 0 Å². The fourth-order valence-electron chi connectivity index (χ4n) is 1.33. The summed E-state index contributed by atoms with van der Waals surface area (Å²) in [6, 6.07) is 3.47. The number of nitrogens with zero attached hydrogens (tertiary/aromatic N) is 1. The Labute approximate surface area is 101 Å². The van der Waals surface area contributed by atoms with Crippen LogP contribution in [-0.2, 0) is 6.42 Å².